The standard InChI is InChI=1S/C17H25N3O6/c1-8(2)13(17(25)26)18-14(22)11-6-9(21)7-12-15(23)19-5-3-4-10(19)16(24)20(11)12/h8-13,21H,3-7H2,1-2H3,(H,18,22)(H,25,26)/t9?,10-,11-,12-,13-/m0/s1. The molecule has 9 heteroatoms. The first kappa shape index (κ1) is 18.6. The van der Waals surface area contributed by atoms with Crippen LogP contribution in [-0.2, 0) is 19.2 Å². The number of carbonyl (C=O) groups is 4. The maximum absolute atomic E-state index is 12.9. The Hall–Kier alpha value is -2.16. The molecule has 0 aromatic carbocycles. The second-order valence-corrected chi connectivity index (χ2v) is 7.66. The van der Waals surface area contributed by atoms with E-state index in [0.29, 0.717) is 13.0 Å². The number of carbonyl (C=O) groups excluding carboxylic acids is 3. The van der Waals surface area contributed by atoms with Gasteiger partial charge in [0, 0.05) is 19.4 Å². The van der Waals surface area contributed by atoms with Crippen molar-refractivity contribution >= 4 is 23.7 Å². The largest absolute Gasteiger partial charge is 0.480 e. The predicted molar refractivity (Wildman–Crippen MR) is 88.8 cm³/mol. The number of carboxylic acids is 1. The second kappa shape index (κ2) is 6.86. The molecule has 3 amide bonds. The van der Waals surface area contributed by atoms with Crippen molar-refractivity contribution in [2.75, 3.05) is 6.54 Å². The highest BCUT2D eigenvalue weighted by Crippen LogP contribution is 2.34. The molecule has 144 valence electrons. The summed E-state index contributed by atoms with van der Waals surface area (Å²) in [5, 5.41) is 21.9. The van der Waals surface area contributed by atoms with Gasteiger partial charge in [-0.3, -0.25) is 14.4 Å². The Morgan fingerprint density at radius 1 is 1.15 bits per heavy atom. The second-order valence-electron chi connectivity index (χ2n) is 7.66. The van der Waals surface area contributed by atoms with E-state index >= 15 is 0 Å². The summed E-state index contributed by atoms with van der Waals surface area (Å²) in [7, 11) is 0. The number of rotatable bonds is 4. The number of aliphatic hydroxyl groups is 1. The monoisotopic (exact) mass is 367 g/mol. The zero-order valence-corrected chi connectivity index (χ0v) is 14.9. The number of piperazine rings is 1. The summed E-state index contributed by atoms with van der Waals surface area (Å²) in [4.78, 5) is 52.6. The number of nitrogens with one attached hydrogen (secondary N) is 1. The van der Waals surface area contributed by atoms with E-state index in [9.17, 15) is 29.4 Å². The van der Waals surface area contributed by atoms with Gasteiger partial charge in [0.15, 0.2) is 0 Å². The lowest BCUT2D eigenvalue weighted by Crippen LogP contribution is -2.70. The van der Waals surface area contributed by atoms with Gasteiger partial charge >= 0.3 is 5.97 Å². The molecule has 0 aromatic heterocycles. The third kappa shape index (κ3) is 3.04. The van der Waals surface area contributed by atoms with E-state index in [1.165, 1.54) is 4.90 Å². The zero-order chi connectivity index (χ0) is 19.2. The van der Waals surface area contributed by atoms with Gasteiger partial charge < -0.3 is 25.3 Å². The molecule has 0 radical (unpaired) electrons. The minimum Gasteiger partial charge on any atom is -0.480 e. The van der Waals surface area contributed by atoms with Crippen molar-refractivity contribution in [2.45, 2.75) is 69.8 Å². The minimum absolute atomic E-state index is 0.00148. The first-order chi connectivity index (χ1) is 12.2. The van der Waals surface area contributed by atoms with Crippen LogP contribution in [0.4, 0.5) is 0 Å². The van der Waals surface area contributed by atoms with Crippen LogP contribution in [0, 0.1) is 5.92 Å². The van der Waals surface area contributed by atoms with E-state index < -0.39 is 42.1 Å². The molecule has 3 saturated heterocycles. The molecule has 3 aliphatic heterocycles. The van der Waals surface area contributed by atoms with Crippen molar-refractivity contribution in [3.05, 3.63) is 0 Å². The van der Waals surface area contributed by atoms with Gasteiger partial charge in [-0.25, -0.2) is 4.79 Å². The van der Waals surface area contributed by atoms with Crippen LogP contribution in [0.5, 0.6) is 0 Å². The fraction of sp³-hybridized carbons (Fsp3) is 0.765. The average molecular weight is 367 g/mol. The Morgan fingerprint density at radius 3 is 2.46 bits per heavy atom. The number of carboxylic acid groups (broad SMARTS) is 1. The fourth-order valence-corrected chi connectivity index (χ4v) is 4.23. The average Bonchev–Trinajstić information content (AvgIpc) is 3.06. The van der Waals surface area contributed by atoms with Crippen LogP contribution >= 0.6 is 0 Å². The van der Waals surface area contributed by atoms with E-state index in [-0.39, 0.29) is 30.6 Å². The summed E-state index contributed by atoms with van der Waals surface area (Å²) in [6, 6.07) is -3.55. The van der Waals surface area contributed by atoms with Crippen LogP contribution in [0.2, 0.25) is 0 Å². The molecule has 26 heavy (non-hydrogen) atoms. The number of piperidine rings is 1. The van der Waals surface area contributed by atoms with E-state index in [0.717, 1.165) is 6.42 Å². The van der Waals surface area contributed by atoms with Crippen molar-refractivity contribution in [2.24, 2.45) is 5.92 Å². The molecule has 9 nitrogen and oxygen atoms in total. The number of hydrogen-bond acceptors (Lipinski definition) is 5. The van der Waals surface area contributed by atoms with Crippen molar-refractivity contribution in [3.8, 4) is 0 Å². The van der Waals surface area contributed by atoms with Crippen LogP contribution in [0.25, 0.3) is 0 Å². The van der Waals surface area contributed by atoms with Crippen LogP contribution in [0.1, 0.15) is 39.5 Å². The molecule has 5 atom stereocenters. The van der Waals surface area contributed by atoms with Crippen LogP contribution in [0.3, 0.4) is 0 Å². The van der Waals surface area contributed by atoms with Crippen LogP contribution in [-0.4, -0.2) is 80.5 Å². The lowest BCUT2D eigenvalue weighted by Gasteiger charge is -2.49. The number of aliphatic hydroxyl groups excluding tert-OH is 1. The molecule has 0 bridgehead atoms. The maximum Gasteiger partial charge on any atom is 0.326 e. The summed E-state index contributed by atoms with van der Waals surface area (Å²) >= 11 is 0. The first-order valence-electron chi connectivity index (χ1n) is 9.06. The molecule has 0 aromatic rings. The van der Waals surface area contributed by atoms with Crippen molar-refractivity contribution < 1.29 is 29.4 Å². The molecule has 1 unspecified atom stereocenters. The molecule has 3 N–H and O–H groups in total. The van der Waals surface area contributed by atoms with Crippen molar-refractivity contribution in [1.29, 1.82) is 0 Å². The Bertz CT molecular complexity index is 636. The van der Waals surface area contributed by atoms with E-state index in [1.54, 1.807) is 18.7 Å². The smallest absolute Gasteiger partial charge is 0.326 e. The quantitative estimate of drug-likeness (QED) is 0.581. The van der Waals surface area contributed by atoms with E-state index in [1.807, 2.05) is 0 Å². The molecular weight excluding hydrogens is 342 g/mol. The molecule has 3 rings (SSSR count). The maximum atomic E-state index is 12.9. The highest BCUT2D eigenvalue weighted by Gasteiger charge is 2.54. The molecule has 3 fully saturated rings. The molecule has 3 aliphatic rings. The van der Waals surface area contributed by atoms with Crippen molar-refractivity contribution in [3.63, 3.8) is 0 Å². The lowest BCUT2D eigenvalue weighted by molar-refractivity contribution is -0.171. The molecule has 0 spiro atoms. The molecular formula is C17H25N3O6. The number of amides is 3. The Balaban J connectivity index is 1.86. The van der Waals surface area contributed by atoms with Gasteiger partial charge in [0.05, 0.1) is 6.10 Å². The Kier molecular flexibility index (Phi) is 4.92. The van der Waals surface area contributed by atoms with E-state index in [4.69, 9.17) is 0 Å². The molecule has 0 saturated carbocycles. The summed E-state index contributed by atoms with van der Waals surface area (Å²) in [6.07, 6.45) is 0.499. The van der Waals surface area contributed by atoms with Crippen LogP contribution < -0.4 is 5.32 Å². The number of fused-ring (bicyclic) bond motifs is 2. The third-order valence-corrected chi connectivity index (χ3v) is 5.56. The highest BCUT2D eigenvalue weighted by atomic mass is 16.4. The fourth-order valence-electron chi connectivity index (χ4n) is 4.23. The lowest BCUT2D eigenvalue weighted by atomic mass is 9.88. The Labute approximate surface area is 151 Å². The summed E-state index contributed by atoms with van der Waals surface area (Å²) in [5.74, 6) is -2.66. The van der Waals surface area contributed by atoms with Gasteiger partial charge in [0.1, 0.15) is 24.2 Å². The Morgan fingerprint density at radius 2 is 1.85 bits per heavy atom. The van der Waals surface area contributed by atoms with Crippen molar-refractivity contribution in [1.82, 2.24) is 15.1 Å². The highest BCUT2D eigenvalue weighted by molar-refractivity contribution is 6.01. The third-order valence-electron chi connectivity index (χ3n) is 5.56. The van der Waals surface area contributed by atoms with Gasteiger partial charge in [0.25, 0.3) is 0 Å². The van der Waals surface area contributed by atoms with E-state index in [2.05, 4.69) is 5.32 Å². The van der Waals surface area contributed by atoms with Gasteiger partial charge in [-0.2, -0.15) is 0 Å². The zero-order valence-electron chi connectivity index (χ0n) is 14.9. The first-order valence-corrected chi connectivity index (χ1v) is 9.06. The van der Waals surface area contributed by atoms with Gasteiger partial charge in [-0.1, -0.05) is 13.8 Å². The van der Waals surface area contributed by atoms with Gasteiger partial charge in [-0.15, -0.1) is 0 Å². The van der Waals surface area contributed by atoms with Gasteiger partial charge in [-0.05, 0) is 18.8 Å². The number of aliphatic carboxylic acids is 1. The number of nitrogens with zero attached hydrogens (tertiary/aromatic N) is 2. The summed E-state index contributed by atoms with van der Waals surface area (Å²) in [5.41, 5.74) is 0. The predicted octanol–water partition coefficient (Wildman–Crippen LogP) is -1.06. The number of hydrogen-bond donors (Lipinski definition) is 3. The normalized spacial score (nSPS) is 32.3. The molecule has 0 aliphatic carbocycles. The topological polar surface area (TPSA) is 127 Å². The van der Waals surface area contributed by atoms with Crippen LogP contribution in [0.15, 0.2) is 0 Å². The summed E-state index contributed by atoms with van der Waals surface area (Å²) < 4.78 is 0. The summed E-state index contributed by atoms with van der Waals surface area (Å²) in [6.45, 7) is 3.86. The van der Waals surface area contributed by atoms with Gasteiger partial charge in [0.2, 0.25) is 17.7 Å². The minimum atomic E-state index is -1.16. The molecule has 3 heterocycles. The SMILES string of the molecule is CC(C)[C@H](NC(=O)[C@@H]1CC(O)C[C@H]2C(=O)N3CCC[C@H]3C(=O)N12)C(=O)O.